The van der Waals surface area contributed by atoms with Crippen molar-refractivity contribution in [1.29, 1.82) is 0 Å². The van der Waals surface area contributed by atoms with Crippen LogP contribution in [0.25, 0.3) is 0 Å². The molecule has 3 N–H and O–H groups in total. The minimum atomic E-state index is -1.45. The fraction of sp³-hybridized carbons (Fsp3) is 0.286. The maximum atomic E-state index is 13.5. The summed E-state index contributed by atoms with van der Waals surface area (Å²) in [4.78, 5) is 40.9. The number of para-hydroxylation sites is 1. The summed E-state index contributed by atoms with van der Waals surface area (Å²) in [7, 11) is 0. The van der Waals surface area contributed by atoms with Crippen molar-refractivity contribution in [2.45, 2.75) is 24.6 Å². The van der Waals surface area contributed by atoms with Crippen molar-refractivity contribution in [1.82, 2.24) is 5.32 Å². The minimum absolute atomic E-state index is 0.238. The zero-order chi connectivity index (χ0) is 20.5. The van der Waals surface area contributed by atoms with Crippen LogP contribution >= 0.6 is 0 Å². The number of amides is 3. The van der Waals surface area contributed by atoms with Gasteiger partial charge in [-0.25, -0.2) is 9.29 Å². The first kappa shape index (κ1) is 18.0. The van der Waals surface area contributed by atoms with Crippen LogP contribution in [-0.4, -0.2) is 35.0 Å². The van der Waals surface area contributed by atoms with Crippen LogP contribution in [0.1, 0.15) is 12.5 Å². The van der Waals surface area contributed by atoms with Crippen LogP contribution in [0.5, 0.6) is 0 Å². The Kier molecular flexibility index (Phi) is 3.68. The molecular formula is C21H18FN3O4. The standard InChI is InChI=1S/C21H18FN3O4/c1-10(26)17-15-16(19(28)25(18(15)27)12-8-6-11(22)7-9-12)21(24-17)13-4-2-3-5-14(13)23-20(21)29/h2-10,15-17,24,26H,1H3,(H,23,29). The Morgan fingerprint density at radius 2 is 1.76 bits per heavy atom. The predicted octanol–water partition coefficient (Wildman–Crippen LogP) is 1.13. The molecule has 148 valence electrons. The lowest BCUT2D eigenvalue weighted by molar-refractivity contribution is -0.130. The molecule has 3 aliphatic rings. The molecule has 2 aromatic carbocycles. The number of carbonyl (C=O) groups is 3. The van der Waals surface area contributed by atoms with Gasteiger partial charge in [0.2, 0.25) is 17.7 Å². The molecule has 8 heteroatoms. The van der Waals surface area contributed by atoms with Gasteiger partial charge in [0.15, 0.2) is 0 Å². The number of rotatable bonds is 2. The summed E-state index contributed by atoms with van der Waals surface area (Å²) in [6, 6.07) is 11.2. The molecule has 1 spiro atoms. The molecule has 0 radical (unpaired) electrons. The summed E-state index contributed by atoms with van der Waals surface area (Å²) in [6.07, 6.45) is -0.979. The van der Waals surface area contributed by atoms with E-state index in [1.807, 2.05) is 0 Å². The number of imide groups is 1. The second-order valence-corrected chi connectivity index (χ2v) is 7.71. The van der Waals surface area contributed by atoms with Crippen LogP contribution in [0.4, 0.5) is 15.8 Å². The monoisotopic (exact) mass is 395 g/mol. The number of aliphatic hydroxyl groups is 1. The summed E-state index contributed by atoms with van der Waals surface area (Å²) in [5.74, 6) is -3.93. The second-order valence-electron chi connectivity index (χ2n) is 7.71. The largest absolute Gasteiger partial charge is 0.392 e. The van der Waals surface area contributed by atoms with Gasteiger partial charge in [-0.1, -0.05) is 18.2 Å². The average Bonchev–Trinajstić information content (AvgIpc) is 3.28. The van der Waals surface area contributed by atoms with E-state index in [0.29, 0.717) is 11.3 Å². The molecule has 3 heterocycles. The normalized spacial score (nSPS) is 31.2. The summed E-state index contributed by atoms with van der Waals surface area (Å²) in [5.41, 5.74) is -0.0764. The first-order chi connectivity index (χ1) is 13.9. The minimum Gasteiger partial charge on any atom is -0.392 e. The van der Waals surface area contributed by atoms with Crippen molar-refractivity contribution in [3.05, 3.63) is 59.9 Å². The Morgan fingerprint density at radius 1 is 1.07 bits per heavy atom. The third-order valence-electron chi connectivity index (χ3n) is 6.16. The van der Waals surface area contributed by atoms with E-state index >= 15 is 0 Å². The SMILES string of the molecule is CC(O)C1NC2(C(=O)Nc3ccccc32)C2C(=O)N(c3ccc(F)cc3)C(=O)C12. The van der Waals surface area contributed by atoms with E-state index in [1.165, 1.54) is 31.2 Å². The topological polar surface area (TPSA) is 98.7 Å². The molecule has 0 bridgehead atoms. The van der Waals surface area contributed by atoms with Gasteiger partial charge in [-0.2, -0.15) is 0 Å². The smallest absolute Gasteiger partial charge is 0.250 e. The molecule has 0 saturated carbocycles. The predicted molar refractivity (Wildman–Crippen MR) is 101 cm³/mol. The Balaban J connectivity index is 1.68. The third-order valence-corrected chi connectivity index (χ3v) is 6.16. The molecule has 5 rings (SSSR count). The quantitative estimate of drug-likeness (QED) is 0.663. The van der Waals surface area contributed by atoms with Crippen molar-refractivity contribution in [2.24, 2.45) is 11.8 Å². The van der Waals surface area contributed by atoms with Gasteiger partial charge in [0.25, 0.3) is 0 Å². The fourth-order valence-electron chi connectivity index (χ4n) is 4.95. The Bertz CT molecular complexity index is 1050. The highest BCUT2D eigenvalue weighted by Gasteiger charge is 2.71. The second kappa shape index (κ2) is 5.95. The number of carbonyl (C=O) groups excluding carboxylic acids is 3. The van der Waals surface area contributed by atoms with Gasteiger partial charge in [0.05, 0.1) is 23.6 Å². The molecule has 0 aliphatic carbocycles. The highest BCUT2D eigenvalue weighted by Crippen LogP contribution is 2.53. The van der Waals surface area contributed by atoms with Crippen molar-refractivity contribution < 1.29 is 23.9 Å². The fourth-order valence-corrected chi connectivity index (χ4v) is 4.95. The Morgan fingerprint density at radius 3 is 2.45 bits per heavy atom. The summed E-state index contributed by atoms with van der Waals surface area (Å²) in [6.45, 7) is 1.52. The summed E-state index contributed by atoms with van der Waals surface area (Å²) >= 11 is 0. The molecule has 29 heavy (non-hydrogen) atoms. The number of benzene rings is 2. The van der Waals surface area contributed by atoms with Gasteiger partial charge in [0, 0.05) is 17.3 Å². The molecular weight excluding hydrogens is 377 g/mol. The van der Waals surface area contributed by atoms with E-state index in [1.54, 1.807) is 24.3 Å². The molecule has 3 amide bonds. The van der Waals surface area contributed by atoms with Gasteiger partial charge in [-0.3, -0.25) is 19.7 Å². The summed E-state index contributed by atoms with van der Waals surface area (Å²) in [5, 5.41) is 16.3. The zero-order valence-electron chi connectivity index (χ0n) is 15.4. The number of hydrogen-bond donors (Lipinski definition) is 3. The molecule has 0 aromatic heterocycles. The Hall–Kier alpha value is -3.10. The molecule has 2 aromatic rings. The number of nitrogens with one attached hydrogen (secondary N) is 2. The van der Waals surface area contributed by atoms with Gasteiger partial charge >= 0.3 is 0 Å². The zero-order valence-corrected chi connectivity index (χ0v) is 15.4. The maximum Gasteiger partial charge on any atom is 0.250 e. The number of anilines is 2. The molecule has 3 aliphatic heterocycles. The van der Waals surface area contributed by atoms with Gasteiger partial charge in [-0.15, -0.1) is 0 Å². The molecule has 2 saturated heterocycles. The lowest BCUT2D eigenvalue weighted by Crippen LogP contribution is -2.54. The first-order valence-corrected chi connectivity index (χ1v) is 9.36. The molecule has 7 nitrogen and oxygen atoms in total. The average molecular weight is 395 g/mol. The maximum absolute atomic E-state index is 13.5. The van der Waals surface area contributed by atoms with Crippen LogP contribution in [0, 0.1) is 17.7 Å². The van der Waals surface area contributed by atoms with Crippen LogP contribution in [0.2, 0.25) is 0 Å². The van der Waals surface area contributed by atoms with Crippen LogP contribution in [-0.2, 0) is 19.9 Å². The first-order valence-electron chi connectivity index (χ1n) is 9.36. The summed E-state index contributed by atoms with van der Waals surface area (Å²) < 4.78 is 13.3. The van der Waals surface area contributed by atoms with E-state index in [0.717, 1.165) is 4.90 Å². The van der Waals surface area contributed by atoms with E-state index < -0.39 is 53.1 Å². The number of fused-ring (bicyclic) bond motifs is 4. The van der Waals surface area contributed by atoms with E-state index in [9.17, 15) is 23.9 Å². The van der Waals surface area contributed by atoms with Crippen molar-refractivity contribution in [3.8, 4) is 0 Å². The van der Waals surface area contributed by atoms with Crippen molar-refractivity contribution in [3.63, 3.8) is 0 Å². The van der Waals surface area contributed by atoms with Crippen LogP contribution < -0.4 is 15.5 Å². The third kappa shape index (κ3) is 2.21. The molecule has 2 fully saturated rings. The van der Waals surface area contributed by atoms with Crippen LogP contribution in [0.15, 0.2) is 48.5 Å². The van der Waals surface area contributed by atoms with Gasteiger partial charge < -0.3 is 10.4 Å². The van der Waals surface area contributed by atoms with Gasteiger partial charge in [-0.05, 0) is 37.3 Å². The van der Waals surface area contributed by atoms with E-state index in [2.05, 4.69) is 10.6 Å². The number of hydrogen-bond acceptors (Lipinski definition) is 5. The van der Waals surface area contributed by atoms with E-state index in [-0.39, 0.29) is 5.69 Å². The lowest BCUT2D eigenvalue weighted by Gasteiger charge is -2.30. The molecule has 5 atom stereocenters. The van der Waals surface area contributed by atoms with Crippen LogP contribution in [0.3, 0.4) is 0 Å². The number of aliphatic hydroxyl groups excluding tert-OH is 1. The van der Waals surface area contributed by atoms with Gasteiger partial charge in [0.1, 0.15) is 11.4 Å². The number of halogens is 1. The van der Waals surface area contributed by atoms with Crippen molar-refractivity contribution in [2.75, 3.05) is 10.2 Å². The Labute approximate surface area is 165 Å². The van der Waals surface area contributed by atoms with E-state index in [4.69, 9.17) is 0 Å². The number of nitrogens with zero attached hydrogens (tertiary/aromatic N) is 1. The lowest BCUT2D eigenvalue weighted by atomic mass is 9.76. The van der Waals surface area contributed by atoms with Crippen molar-refractivity contribution >= 4 is 29.1 Å². The highest BCUT2D eigenvalue weighted by molar-refractivity contribution is 6.25. The highest BCUT2D eigenvalue weighted by atomic mass is 19.1. The molecule has 5 unspecified atom stereocenters.